The van der Waals surface area contributed by atoms with Gasteiger partial charge in [-0.05, 0) is 67.6 Å². The Morgan fingerprint density at radius 1 is 0.952 bits per heavy atom. The van der Waals surface area contributed by atoms with Gasteiger partial charge >= 0.3 is 6.03 Å². The standard InChI is InChI=1S/C45H46F3N11O4/c1-25-7-8-27(17-36(25)58-15-12-39(60)53-43(58)63)42(62)56-16-13-44(45(47,48)24-56)22-55(23-44)21-28-9-10-32(51-26(28)2)29-5-4-6-35-30(29)11-14-57(35)38-19-34(49-3)40-50-20-37(59(40)54-38)41(61)52-33-18-31(33)46/h4-10,17,19-20,31,33,49H,11-16,18,21-24H2,1-3H3,(H,52,61)(H,53,60,63)/t31-,33+/m0/s1. The summed E-state index contributed by atoms with van der Waals surface area (Å²) in [7, 11) is 1.78. The van der Waals surface area contributed by atoms with Crippen molar-refractivity contribution >= 4 is 52.3 Å². The largest absolute Gasteiger partial charge is 0.385 e. The third kappa shape index (κ3) is 7.00. The minimum absolute atomic E-state index is 0.124. The Bertz CT molecular complexity index is 2740. The summed E-state index contributed by atoms with van der Waals surface area (Å²) in [6.45, 7) is 4.87. The molecule has 18 heteroatoms. The first-order chi connectivity index (χ1) is 30.2. The van der Waals surface area contributed by atoms with Crippen molar-refractivity contribution in [1.29, 1.82) is 0 Å². The van der Waals surface area contributed by atoms with Crippen LogP contribution in [0.25, 0.3) is 16.9 Å². The second kappa shape index (κ2) is 15.1. The van der Waals surface area contributed by atoms with Crippen LogP contribution in [0.4, 0.5) is 40.8 Å². The van der Waals surface area contributed by atoms with Gasteiger partial charge in [-0.1, -0.05) is 24.3 Å². The lowest BCUT2D eigenvalue weighted by Gasteiger charge is -2.57. The minimum Gasteiger partial charge on any atom is -0.385 e. The fraction of sp³-hybridized carbons (Fsp3) is 0.400. The van der Waals surface area contributed by atoms with Crippen LogP contribution in [0.5, 0.6) is 0 Å². The summed E-state index contributed by atoms with van der Waals surface area (Å²) in [5.41, 5.74) is 7.13. The van der Waals surface area contributed by atoms with Crippen molar-refractivity contribution < 1.29 is 32.3 Å². The lowest BCUT2D eigenvalue weighted by atomic mass is 9.69. The normalized spacial score (nSPS) is 21.3. The van der Waals surface area contributed by atoms with E-state index in [-0.39, 0.29) is 56.2 Å². The number of amides is 5. The molecule has 2 aromatic carbocycles. The van der Waals surface area contributed by atoms with E-state index in [1.165, 1.54) is 20.5 Å². The summed E-state index contributed by atoms with van der Waals surface area (Å²) in [5.74, 6) is -3.82. The summed E-state index contributed by atoms with van der Waals surface area (Å²) >= 11 is 0. The summed E-state index contributed by atoms with van der Waals surface area (Å²) < 4.78 is 47.2. The number of likely N-dealkylation sites (tertiary alicyclic amines) is 2. The average Bonchev–Trinajstić information content (AvgIpc) is 3.56. The molecule has 2 atom stereocenters. The number of piperidine rings is 1. The highest BCUT2D eigenvalue weighted by atomic mass is 19.3. The molecule has 5 aromatic rings. The van der Waals surface area contributed by atoms with Crippen molar-refractivity contribution in [2.45, 2.75) is 64.2 Å². The monoisotopic (exact) mass is 861 g/mol. The number of hydrogen-bond acceptors (Lipinski definition) is 10. The van der Waals surface area contributed by atoms with Crippen LogP contribution in [-0.2, 0) is 17.8 Å². The number of carbonyl (C=O) groups is 4. The predicted octanol–water partition coefficient (Wildman–Crippen LogP) is 5.41. The second-order valence-electron chi connectivity index (χ2n) is 17.4. The van der Waals surface area contributed by atoms with Crippen LogP contribution >= 0.6 is 0 Å². The smallest absolute Gasteiger partial charge is 0.328 e. The number of imide groups is 1. The number of imidazole rings is 1. The molecule has 4 fully saturated rings. The fourth-order valence-corrected chi connectivity index (χ4v) is 9.55. The number of alkyl halides is 3. The molecule has 1 aliphatic carbocycles. The molecule has 5 aliphatic rings. The Balaban J connectivity index is 0.804. The Hall–Kier alpha value is -6.56. The Labute approximate surface area is 360 Å². The highest BCUT2D eigenvalue weighted by Crippen LogP contribution is 2.51. The first-order valence-corrected chi connectivity index (χ1v) is 21.2. The van der Waals surface area contributed by atoms with E-state index in [0.29, 0.717) is 42.4 Å². The number of rotatable bonds is 9. The molecule has 326 valence electrons. The molecule has 5 amide bonds. The molecule has 0 unspecified atom stereocenters. The van der Waals surface area contributed by atoms with Crippen molar-refractivity contribution in [3.63, 3.8) is 0 Å². The van der Waals surface area contributed by atoms with E-state index in [0.717, 1.165) is 45.7 Å². The maximum atomic E-state index is 16.1. The second-order valence-corrected chi connectivity index (χ2v) is 17.4. The summed E-state index contributed by atoms with van der Waals surface area (Å²) in [6, 6.07) is 15.7. The molecule has 7 heterocycles. The highest BCUT2D eigenvalue weighted by molar-refractivity contribution is 6.06. The molecule has 0 radical (unpaired) electrons. The van der Waals surface area contributed by atoms with Crippen LogP contribution in [0, 0.1) is 19.3 Å². The zero-order valence-electron chi connectivity index (χ0n) is 35.1. The maximum Gasteiger partial charge on any atom is 0.328 e. The minimum atomic E-state index is -3.11. The number of halogens is 3. The quantitative estimate of drug-likeness (QED) is 0.175. The van der Waals surface area contributed by atoms with Gasteiger partial charge in [0.1, 0.15) is 6.17 Å². The van der Waals surface area contributed by atoms with E-state index >= 15 is 8.78 Å². The van der Waals surface area contributed by atoms with Crippen molar-refractivity contribution in [2.24, 2.45) is 5.41 Å². The topological polar surface area (TPSA) is 160 Å². The Morgan fingerprint density at radius 3 is 2.48 bits per heavy atom. The molecule has 0 bridgehead atoms. The van der Waals surface area contributed by atoms with Crippen LogP contribution in [0.3, 0.4) is 0 Å². The highest BCUT2D eigenvalue weighted by Gasteiger charge is 2.63. The van der Waals surface area contributed by atoms with Gasteiger partial charge in [0.25, 0.3) is 17.7 Å². The maximum absolute atomic E-state index is 16.1. The van der Waals surface area contributed by atoms with Crippen LogP contribution in [0.1, 0.15) is 62.5 Å². The molecule has 1 spiro atoms. The van der Waals surface area contributed by atoms with Gasteiger partial charge in [-0.3, -0.25) is 34.5 Å². The molecule has 10 rings (SSSR count). The van der Waals surface area contributed by atoms with E-state index in [2.05, 4.69) is 25.8 Å². The third-order valence-electron chi connectivity index (χ3n) is 13.3. The number of aryl methyl sites for hydroxylation is 2. The molecular formula is C45H46F3N11O4. The number of urea groups is 1. The number of nitrogens with zero attached hydrogens (tertiary/aromatic N) is 8. The average molecular weight is 862 g/mol. The first-order valence-electron chi connectivity index (χ1n) is 21.2. The van der Waals surface area contributed by atoms with E-state index < -0.39 is 47.9 Å². The number of fused-ring (bicyclic) bond motifs is 2. The van der Waals surface area contributed by atoms with Crippen molar-refractivity contribution in [3.8, 4) is 11.3 Å². The Morgan fingerprint density at radius 2 is 1.75 bits per heavy atom. The van der Waals surface area contributed by atoms with Gasteiger partial charge < -0.3 is 20.4 Å². The molecule has 3 aromatic heterocycles. The number of carbonyl (C=O) groups excluding carboxylic acids is 4. The zero-order chi connectivity index (χ0) is 43.9. The summed E-state index contributed by atoms with van der Waals surface area (Å²) in [5, 5.41) is 13.0. The number of pyridine rings is 1. The lowest BCUT2D eigenvalue weighted by molar-refractivity contribution is -0.220. The number of aromatic nitrogens is 4. The van der Waals surface area contributed by atoms with Crippen molar-refractivity contribution in [1.82, 2.24) is 40.0 Å². The van der Waals surface area contributed by atoms with Gasteiger partial charge in [-0.25, -0.2) is 27.5 Å². The van der Waals surface area contributed by atoms with Gasteiger partial charge in [0.05, 0.1) is 35.6 Å². The van der Waals surface area contributed by atoms with Gasteiger partial charge in [-0.2, -0.15) is 0 Å². The van der Waals surface area contributed by atoms with Crippen molar-refractivity contribution in [3.05, 3.63) is 94.4 Å². The number of hydrogen-bond donors (Lipinski definition) is 3. The van der Waals surface area contributed by atoms with E-state index in [1.807, 2.05) is 48.2 Å². The van der Waals surface area contributed by atoms with Crippen LogP contribution < -0.4 is 25.8 Å². The molecular weight excluding hydrogens is 816 g/mol. The van der Waals surface area contributed by atoms with Gasteiger partial charge in [0, 0.05) is 93.4 Å². The van der Waals surface area contributed by atoms with Crippen LogP contribution in [0.15, 0.2) is 60.8 Å². The number of nitrogens with one attached hydrogen (secondary N) is 3. The van der Waals surface area contributed by atoms with Crippen LogP contribution in [-0.4, -0.2) is 118 Å². The molecule has 63 heavy (non-hydrogen) atoms. The molecule has 3 saturated heterocycles. The lowest BCUT2D eigenvalue weighted by Crippen LogP contribution is -2.70. The summed E-state index contributed by atoms with van der Waals surface area (Å²) in [6.07, 6.45) is 1.71. The van der Waals surface area contributed by atoms with Crippen LogP contribution in [0.2, 0.25) is 0 Å². The van der Waals surface area contributed by atoms with E-state index in [9.17, 15) is 23.6 Å². The predicted molar refractivity (Wildman–Crippen MR) is 228 cm³/mol. The van der Waals surface area contributed by atoms with E-state index in [1.54, 1.807) is 32.2 Å². The summed E-state index contributed by atoms with van der Waals surface area (Å²) in [4.78, 5) is 67.0. The molecule has 4 aliphatic heterocycles. The Kier molecular flexibility index (Phi) is 9.69. The van der Waals surface area contributed by atoms with Gasteiger partial charge in [0.15, 0.2) is 17.2 Å². The zero-order valence-corrected chi connectivity index (χ0v) is 35.1. The number of anilines is 4. The van der Waals surface area contributed by atoms with Gasteiger partial charge in [0.2, 0.25) is 5.91 Å². The van der Waals surface area contributed by atoms with Gasteiger partial charge in [-0.15, -0.1) is 5.10 Å². The molecule has 15 nitrogen and oxygen atoms in total. The third-order valence-corrected chi connectivity index (χ3v) is 13.3. The van der Waals surface area contributed by atoms with E-state index in [4.69, 9.17) is 10.1 Å². The van der Waals surface area contributed by atoms with Crippen molar-refractivity contribution in [2.75, 3.05) is 61.4 Å². The fourth-order valence-electron chi connectivity index (χ4n) is 9.55. The number of benzene rings is 2. The first kappa shape index (κ1) is 40.5. The molecule has 3 N–H and O–H groups in total. The SMILES string of the molecule is CNc1cc(N2CCc3c(-c4ccc(CN5CC6(CCN(C(=O)c7ccc(C)c(N8CCC(=O)NC8=O)c7)CC6(F)F)C5)c(C)n4)cccc32)nn2c(C(=O)N[C@@H]3C[C@@H]3F)cnc12. The molecule has 1 saturated carbocycles.